The minimum Gasteiger partial charge on any atom is -0.443 e. The molecule has 196 valence electrons. The van der Waals surface area contributed by atoms with Crippen LogP contribution in [0.4, 0.5) is 5.69 Å². The quantitative estimate of drug-likeness (QED) is 0.518. The van der Waals surface area contributed by atoms with E-state index in [1.165, 1.54) is 0 Å². The number of anilines is 1. The van der Waals surface area contributed by atoms with Gasteiger partial charge >= 0.3 is 0 Å². The Morgan fingerprint density at radius 2 is 1.76 bits per heavy atom. The van der Waals surface area contributed by atoms with Gasteiger partial charge in [-0.3, -0.25) is 9.59 Å². The molecule has 0 aliphatic carbocycles. The van der Waals surface area contributed by atoms with Crippen LogP contribution < -0.4 is 10.6 Å². The highest BCUT2D eigenvalue weighted by molar-refractivity contribution is 7.91. The van der Waals surface area contributed by atoms with Gasteiger partial charge in [-0.15, -0.1) is 0 Å². The first-order valence-corrected chi connectivity index (χ1v) is 14.5. The Bertz CT molecular complexity index is 1540. The summed E-state index contributed by atoms with van der Waals surface area (Å²) in [5.74, 6) is 5.45. The van der Waals surface area contributed by atoms with Gasteiger partial charge in [-0.05, 0) is 60.2 Å². The normalized spacial score (nSPS) is 16.2. The number of furan rings is 1. The van der Waals surface area contributed by atoms with Crippen molar-refractivity contribution in [2.75, 3.05) is 36.5 Å². The van der Waals surface area contributed by atoms with Gasteiger partial charge in [0.25, 0.3) is 5.91 Å². The van der Waals surface area contributed by atoms with Gasteiger partial charge < -0.3 is 20.0 Å². The summed E-state index contributed by atoms with van der Waals surface area (Å²) in [5, 5.41) is 0. The third-order valence-corrected chi connectivity index (χ3v) is 8.01. The first kappa shape index (κ1) is 25.8. The zero-order chi connectivity index (χ0) is 26.9. The van der Waals surface area contributed by atoms with Crippen molar-refractivity contribution in [3.05, 3.63) is 88.9 Å². The van der Waals surface area contributed by atoms with Gasteiger partial charge in [0.05, 0.1) is 0 Å². The van der Waals surface area contributed by atoms with Crippen LogP contribution in [0.3, 0.4) is 0 Å². The molecule has 2 N–H and O–H groups in total. The van der Waals surface area contributed by atoms with Crippen LogP contribution >= 0.6 is 0 Å². The zero-order valence-corrected chi connectivity index (χ0v) is 22.0. The summed E-state index contributed by atoms with van der Waals surface area (Å²) in [5.41, 5.74) is 9.03. The molecule has 9 heteroatoms. The third kappa shape index (κ3) is 5.23. The number of piperidine rings is 1. The van der Waals surface area contributed by atoms with E-state index in [-0.39, 0.29) is 17.1 Å². The molecule has 5 rings (SSSR count). The number of hydrogen-bond donors (Lipinski definition) is 1. The average molecular weight is 532 g/mol. The van der Waals surface area contributed by atoms with Crippen molar-refractivity contribution in [1.82, 2.24) is 4.90 Å². The van der Waals surface area contributed by atoms with Crippen LogP contribution in [-0.4, -0.2) is 56.8 Å². The topological polar surface area (TPSA) is 114 Å². The number of fused-ring (bicyclic) bond motifs is 2. The largest absolute Gasteiger partial charge is 0.443 e. The molecule has 0 atom stereocenters. The van der Waals surface area contributed by atoms with E-state index in [4.69, 9.17) is 10.2 Å². The number of nitrogens with zero attached hydrogens (tertiary/aromatic N) is 2. The molecule has 0 unspecified atom stereocenters. The Labute approximate surface area is 222 Å². The summed E-state index contributed by atoms with van der Waals surface area (Å²) in [6.07, 6.45) is 2.32. The smallest absolute Gasteiger partial charge is 0.289 e. The molecule has 2 aliphatic heterocycles. The number of hydrogen-bond acceptors (Lipinski definition) is 6. The van der Waals surface area contributed by atoms with Crippen molar-refractivity contribution in [1.29, 1.82) is 0 Å². The molecule has 1 spiro atoms. The number of sulfone groups is 1. The predicted octanol–water partition coefficient (Wildman–Crippen LogP) is 2.70. The maximum Gasteiger partial charge on any atom is 0.289 e. The number of benzene rings is 2. The van der Waals surface area contributed by atoms with Crippen LogP contribution in [0.1, 0.15) is 45.8 Å². The second-order valence-corrected chi connectivity index (χ2v) is 12.1. The lowest BCUT2D eigenvalue weighted by atomic mass is 9.74. The summed E-state index contributed by atoms with van der Waals surface area (Å²) in [7, 11) is -3.47. The third-order valence-electron chi connectivity index (χ3n) is 7.23. The van der Waals surface area contributed by atoms with Crippen LogP contribution in [0, 0.1) is 11.8 Å². The number of carbonyl (C=O) groups is 2. The maximum absolute atomic E-state index is 13.2. The second kappa shape index (κ2) is 10.1. The Morgan fingerprint density at radius 1 is 1.03 bits per heavy atom. The molecule has 0 radical (unpaired) electrons. The van der Waals surface area contributed by atoms with Crippen molar-refractivity contribution in [2.24, 2.45) is 5.73 Å². The molecule has 3 heterocycles. The second-order valence-electron chi connectivity index (χ2n) is 9.96. The van der Waals surface area contributed by atoms with E-state index in [0.717, 1.165) is 28.6 Å². The van der Waals surface area contributed by atoms with Crippen molar-refractivity contribution < 1.29 is 22.4 Å². The molecule has 1 aromatic heterocycles. The highest BCUT2D eigenvalue weighted by atomic mass is 32.2. The van der Waals surface area contributed by atoms with E-state index >= 15 is 0 Å². The van der Waals surface area contributed by atoms with E-state index in [1.54, 1.807) is 21.9 Å². The minimum absolute atomic E-state index is 0.202. The Hall–Kier alpha value is -3.87. The lowest BCUT2D eigenvalue weighted by Crippen LogP contribution is -2.48. The van der Waals surface area contributed by atoms with Crippen LogP contribution in [0.25, 0.3) is 0 Å². The monoisotopic (exact) mass is 531 g/mol. The van der Waals surface area contributed by atoms with E-state index in [0.29, 0.717) is 44.8 Å². The summed E-state index contributed by atoms with van der Waals surface area (Å²) in [6.45, 7) is 1.70. The van der Waals surface area contributed by atoms with E-state index < -0.39 is 21.5 Å². The maximum atomic E-state index is 13.2. The fourth-order valence-electron chi connectivity index (χ4n) is 5.26. The van der Waals surface area contributed by atoms with Crippen LogP contribution in [0.5, 0.6) is 0 Å². The molecule has 3 aromatic rings. The van der Waals surface area contributed by atoms with E-state index in [9.17, 15) is 18.0 Å². The molecule has 0 saturated carbocycles. The van der Waals surface area contributed by atoms with Gasteiger partial charge in [-0.1, -0.05) is 36.3 Å². The number of amides is 2. The van der Waals surface area contributed by atoms with Gasteiger partial charge in [-0.25, -0.2) is 8.42 Å². The van der Waals surface area contributed by atoms with E-state index in [2.05, 4.69) is 11.8 Å². The molecular formula is C29H29N3O5S. The van der Waals surface area contributed by atoms with Crippen molar-refractivity contribution >= 4 is 27.3 Å². The molecule has 1 saturated heterocycles. The molecule has 8 nitrogen and oxygen atoms in total. The summed E-state index contributed by atoms with van der Waals surface area (Å²) in [6, 6.07) is 18.6. The van der Waals surface area contributed by atoms with Gasteiger partial charge in [0, 0.05) is 49.1 Å². The van der Waals surface area contributed by atoms with E-state index in [1.807, 2.05) is 48.5 Å². The fraction of sp³-hybridized carbons (Fsp3) is 0.310. The lowest BCUT2D eigenvalue weighted by molar-refractivity contribution is -0.116. The summed E-state index contributed by atoms with van der Waals surface area (Å²) >= 11 is 0. The first-order chi connectivity index (χ1) is 18.2. The zero-order valence-electron chi connectivity index (χ0n) is 21.1. The van der Waals surface area contributed by atoms with Crippen molar-refractivity contribution in [3.8, 4) is 11.8 Å². The number of carbonyl (C=O) groups excluding carboxylic acids is 2. The van der Waals surface area contributed by atoms with Crippen molar-refractivity contribution in [3.63, 3.8) is 0 Å². The summed E-state index contributed by atoms with van der Waals surface area (Å²) in [4.78, 5) is 29.5. The highest BCUT2D eigenvalue weighted by Gasteiger charge is 2.47. The molecule has 38 heavy (non-hydrogen) atoms. The van der Waals surface area contributed by atoms with Crippen LogP contribution in [0.2, 0.25) is 0 Å². The van der Waals surface area contributed by atoms with Gasteiger partial charge in [0.2, 0.25) is 5.91 Å². The lowest BCUT2D eigenvalue weighted by Gasteiger charge is -2.39. The fourth-order valence-corrected chi connectivity index (χ4v) is 5.87. The molecule has 2 aromatic carbocycles. The van der Waals surface area contributed by atoms with Gasteiger partial charge in [0.1, 0.15) is 5.75 Å². The number of rotatable bonds is 4. The SMILES string of the molecule is CS(=O)(=O)CC(=O)N1CC2(CCN(C(=O)c3ccc(C#Cc4ccccc4)o3)CC2)c2cc(CN)ccc21. The van der Waals surface area contributed by atoms with Crippen LogP contribution in [0.15, 0.2) is 65.1 Å². The summed E-state index contributed by atoms with van der Waals surface area (Å²) < 4.78 is 29.4. The predicted molar refractivity (Wildman–Crippen MR) is 144 cm³/mol. The molecular weight excluding hydrogens is 502 g/mol. The van der Waals surface area contributed by atoms with Crippen molar-refractivity contribution in [2.45, 2.75) is 24.8 Å². The minimum atomic E-state index is -3.47. The molecule has 2 aliphatic rings. The highest BCUT2D eigenvalue weighted by Crippen LogP contribution is 2.47. The van der Waals surface area contributed by atoms with Gasteiger partial charge in [0.15, 0.2) is 21.4 Å². The molecule has 0 bridgehead atoms. The molecule has 1 fully saturated rings. The van der Waals surface area contributed by atoms with Crippen LogP contribution in [-0.2, 0) is 26.6 Å². The van der Waals surface area contributed by atoms with Gasteiger partial charge in [-0.2, -0.15) is 0 Å². The average Bonchev–Trinajstić information content (AvgIpc) is 3.50. The first-order valence-electron chi connectivity index (χ1n) is 12.5. The number of nitrogens with two attached hydrogens (primary N) is 1. The molecule has 2 amide bonds. The number of likely N-dealkylation sites (tertiary alicyclic amines) is 1. The Kier molecular flexibility index (Phi) is 6.86. The Balaban J connectivity index is 1.32. The Morgan fingerprint density at radius 3 is 2.45 bits per heavy atom. The standard InChI is InChI=1S/C29H29N3O5S/c1-38(35,36)19-27(33)32-20-29(24-17-22(18-30)8-11-25(24)32)13-15-31(16-14-29)28(34)26-12-10-23(37-26)9-7-21-5-3-2-4-6-21/h2-6,8,10-12,17H,13-16,18-20,30H2,1H3.